The van der Waals surface area contributed by atoms with Crippen molar-refractivity contribution in [2.75, 3.05) is 12.3 Å². The standard InChI is InChI=1S/C14H17FN4OS/c1-3-17-8(2)9-5-4-6-10(15)13(9)21-14-18-11(16)7-12(20)19-14/h4-8,17H,3H2,1-2H3,(H3,16,18,19,20). The summed E-state index contributed by atoms with van der Waals surface area (Å²) < 4.78 is 14.1. The lowest BCUT2D eigenvalue weighted by Crippen LogP contribution is -2.18. The topological polar surface area (TPSA) is 83.8 Å². The van der Waals surface area contributed by atoms with Gasteiger partial charge in [-0.25, -0.2) is 9.37 Å². The van der Waals surface area contributed by atoms with E-state index in [2.05, 4.69) is 15.3 Å². The number of nitrogens with one attached hydrogen (secondary N) is 2. The van der Waals surface area contributed by atoms with Gasteiger partial charge in [-0.2, -0.15) is 0 Å². The van der Waals surface area contributed by atoms with Gasteiger partial charge < -0.3 is 16.0 Å². The number of H-pyrrole nitrogens is 1. The van der Waals surface area contributed by atoms with Gasteiger partial charge in [0.15, 0.2) is 5.16 Å². The maximum absolute atomic E-state index is 14.1. The van der Waals surface area contributed by atoms with E-state index in [1.54, 1.807) is 6.07 Å². The van der Waals surface area contributed by atoms with E-state index in [0.717, 1.165) is 23.9 Å². The number of nitrogens with two attached hydrogens (primary N) is 1. The van der Waals surface area contributed by atoms with E-state index in [1.807, 2.05) is 19.9 Å². The van der Waals surface area contributed by atoms with Crippen LogP contribution in [0.1, 0.15) is 25.5 Å². The van der Waals surface area contributed by atoms with Crippen LogP contribution in [-0.4, -0.2) is 16.5 Å². The summed E-state index contributed by atoms with van der Waals surface area (Å²) in [7, 11) is 0. The number of benzene rings is 1. The van der Waals surface area contributed by atoms with Crippen molar-refractivity contribution >= 4 is 17.6 Å². The van der Waals surface area contributed by atoms with Gasteiger partial charge in [-0.05, 0) is 36.9 Å². The third-order valence-electron chi connectivity index (χ3n) is 2.91. The molecule has 5 nitrogen and oxygen atoms in total. The molecule has 0 spiro atoms. The fourth-order valence-electron chi connectivity index (χ4n) is 1.99. The summed E-state index contributed by atoms with van der Waals surface area (Å²) in [6.07, 6.45) is 0. The molecule has 1 unspecified atom stereocenters. The molecule has 0 aliphatic rings. The van der Waals surface area contributed by atoms with Crippen LogP contribution in [0.2, 0.25) is 0 Å². The number of nitrogens with zero attached hydrogens (tertiary/aromatic N) is 1. The zero-order valence-electron chi connectivity index (χ0n) is 11.8. The highest BCUT2D eigenvalue weighted by Gasteiger charge is 2.16. The van der Waals surface area contributed by atoms with Gasteiger partial charge in [0.25, 0.3) is 5.56 Å². The first-order chi connectivity index (χ1) is 10.0. The molecule has 1 aromatic heterocycles. The summed E-state index contributed by atoms with van der Waals surface area (Å²) in [6, 6.07) is 6.07. The number of hydrogen-bond acceptors (Lipinski definition) is 5. The molecule has 2 rings (SSSR count). The van der Waals surface area contributed by atoms with E-state index >= 15 is 0 Å². The summed E-state index contributed by atoms with van der Waals surface area (Å²) in [5, 5.41) is 3.51. The van der Waals surface area contributed by atoms with E-state index in [0.29, 0.717) is 4.90 Å². The largest absolute Gasteiger partial charge is 0.383 e. The molecule has 7 heteroatoms. The van der Waals surface area contributed by atoms with Crippen molar-refractivity contribution in [3.05, 3.63) is 46.0 Å². The monoisotopic (exact) mass is 308 g/mol. The highest BCUT2D eigenvalue weighted by molar-refractivity contribution is 7.99. The molecule has 0 radical (unpaired) electrons. The van der Waals surface area contributed by atoms with Crippen molar-refractivity contribution in [1.29, 1.82) is 0 Å². The predicted octanol–water partition coefficient (Wildman–Crippen LogP) is 2.31. The van der Waals surface area contributed by atoms with E-state index in [9.17, 15) is 9.18 Å². The van der Waals surface area contributed by atoms with Crippen molar-refractivity contribution in [1.82, 2.24) is 15.3 Å². The number of aromatic nitrogens is 2. The van der Waals surface area contributed by atoms with Crippen molar-refractivity contribution in [2.24, 2.45) is 0 Å². The van der Waals surface area contributed by atoms with Gasteiger partial charge >= 0.3 is 0 Å². The van der Waals surface area contributed by atoms with E-state index < -0.39 is 0 Å². The quantitative estimate of drug-likeness (QED) is 0.738. The molecule has 1 aromatic carbocycles. The Bertz CT molecular complexity index is 689. The number of halogens is 1. The number of anilines is 1. The van der Waals surface area contributed by atoms with Crippen LogP contribution in [0.15, 0.2) is 39.1 Å². The molecule has 1 heterocycles. The average molecular weight is 308 g/mol. The van der Waals surface area contributed by atoms with Gasteiger partial charge in [0, 0.05) is 12.1 Å². The fourth-order valence-corrected chi connectivity index (χ4v) is 3.01. The van der Waals surface area contributed by atoms with Crippen LogP contribution in [0, 0.1) is 5.82 Å². The van der Waals surface area contributed by atoms with E-state index in [4.69, 9.17) is 5.73 Å². The summed E-state index contributed by atoms with van der Waals surface area (Å²) in [5.74, 6) is -0.244. The van der Waals surface area contributed by atoms with Crippen LogP contribution in [0.4, 0.5) is 10.2 Å². The minimum Gasteiger partial charge on any atom is -0.383 e. The van der Waals surface area contributed by atoms with Gasteiger partial charge in [-0.1, -0.05) is 19.1 Å². The number of nitrogen functional groups attached to an aromatic ring is 1. The molecular weight excluding hydrogens is 291 g/mol. The predicted molar refractivity (Wildman–Crippen MR) is 81.9 cm³/mol. The SMILES string of the molecule is CCNC(C)c1cccc(F)c1Sc1nc(N)cc(=O)[nH]1. The smallest absolute Gasteiger partial charge is 0.253 e. The van der Waals surface area contributed by atoms with Crippen LogP contribution in [0.25, 0.3) is 0 Å². The van der Waals surface area contributed by atoms with E-state index in [-0.39, 0.29) is 28.4 Å². The lowest BCUT2D eigenvalue weighted by molar-refractivity contribution is 0.557. The Kier molecular flexibility index (Phi) is 4.98. The highest BCUT2D eigenvalue weighted by atomic mass is 32.2. The molecule has 2 aromatic rings. The van der Waals surface area contributed by atoms with Crippen molar-refractivity contribution in [2.45, 2.75) is 29.9 Å². The fraction of sp³-hybridized carbons (Fsp3) is 0.286. The number of rotatable bonds is 5. The Balaban J connectivity index is 2.40. The Morgan fingerprint density at radius 2 is 2.29 bits per heavy atom. The summed E-state index contributed by atoms with van der Waals surface area (Å²) in [4.78, 5) is 18.4. The van der Waals surface area contributed by atoms with Crippen LogP contribution >= 0.6 is 11.8 Å². The molecule has 112 valence electrons. The minimum absolute atomic E-state index is 0.0130. The third-order valence-corrected chi connectivity index (χ3v) is 3.93. The minimum atomic E-state index is -0.359. The van der Waals surface area contributed by atoms with Crippen LogP contribution in [0.5, 0.6) is 0 Å². The van der Waals surface area contributed by atoms with Crippen molar-refractivity contribution in [3.63, 3.8) is 0 Å². The maximum atomic E-state index is 14.1. The first kappa shape index (κ1) is 15.5. The molecule has 0 saturated carbocycles. The van der Waals surface area contributed by atoms with Crippen molar-refractivity contribution in [3.8, 4) is 0 Å². The molecule has 0 amide bonds. The van der Waals surface area contributed by atoms with Crippen LogP contribution in [0.3, 0.4) is 0 Å². The Hall–Kier alpha value is -1.86. The zero-order chi connectivity index (χ0) is 15.4. The van der Waals surface area contributed by atoms with Gasteiger partial charge in [-0.3, -0.25) is 4.79 Å². The molecule has 0 aliphatic carbocycles. The molecule has 0 aliphatic heterocycles. The summed E-state index contributed by atoms with van der Waals surface area (Å²) >= 11 is 1.06. The molecule has 1 atom stereocenters. The summed E-state index contributed by atoms with van der Waals surface area (Å²) in [6.45, 7) is 4.71. The highest BCUT2D eigenvalue weighted by Crippen LogP contribution is 2.33. The second-order valence-electron chi connectivity index (χ2n) is 4.52. The Morgan fingerprint density at radius 3 is 2.95 bits per heavy atom. The van der Waals surface area contributed by atoms with Gasteiger partial charge in [0.2, 0.25) is 0 Å². The van der Waals surface area contributed by atoms with E-state index in [1.165, 1.54) is 12.1 Å². The lowest BCUT2D eigenvalue weighted by Gasteiger charge is -2.17. The van der Waals surface area contributed by atoms with Crippen LogP contribution < -0.4 is 16.6 Å². The molecule has 0 bridgehead atoms. The average Bonchev–Trinajstić information content (AvgIpc) is 2.40. The molecule has 21 heavy (non-hydrogen) atoms. The van der Waals surface area contributed by atoms with Gasteiger partial charge in [-0.15, -0.1) is 0 Å². The lowest BCUT2D eigenvalue weighted by atomic mass is 10.1. The normalized spacial score (nSPS) is 12.3. The third kappa shape index (κ3) is 3.83. The second kappa shape index (κ2) is 6.73. The Labute approximate surface area is 126 Å². The zero-order valence-corrected chi connectivity index (χ0v) is 12.6. The molecule has 0 fully saturated rings. The summed E-state index contributed by atoms with van der Waals surface area (Å²) in [5.41, 5.74) is 6.00. The number of hydrogen-bond donors (Lipinski definition) is 3. The molecular formula is C14H17FN4OS. The first-order valence-electron chi connectivity index (χ1n) is 6.57. The number of aromatic amines is 1. The maximum Gasteiger partial charge on any atom is 0.253 e. The van der Waals surface area contributed by atoms with Gasteiger partial charge in [0.05, 0.1) is 4.90 Å². The first-order valence-corrected chi connectivity index (χ1v) is 7.39. The van der Waals surface area contributed by atoms with Gasteiger partial charge in [0.1, 0.15) is 11.6 Å². The van der Waals surface area contributed by atoms with Crippen molar-refractivity contribution < 1.29 is 4.39 Å². The molecule has 4 N–H and O–H groups in total. The molecule has 0 saturated heterocycles. The second-order valence-corrected chi connectivity index (χ2v) is 5.51. The Morgan fingerprint density at radius 1 is 1.52 bits per heavy atom. The van der Waals surface area contributed by atoms with Crippen LogP contribution in [-0.2, 0) is 0 Å².